The predicted molar refractivity (Wildman–Crippen MR) is 112 cm³/mol. The van der Waals surface area contributed by atoms with E-state index in [-0.39, 0.29) is 17.6 Å². The summed E-state index contributed by atoms with van der Waals surface area (Å²) < 4.78 is 13.0. The lowest BCUT2D eigenvalue weighted by atomic mass is 10.1. The third-order valence-electron chi connectivity index (χ3n) is 5.31. The molecule has 0 saturated carbocycles. The Kier molecular flexibility index (Phi) is 7.36. The molecule has 5 nitrogen and oxygen atoms in total. The highest BCUT2D eigenvalue weighted by Gasteiger charge is 2.22. The number of piperazine rings is 1. The summed E-state index contributed by atoms with van der Waals surface area (Å²) >= 11 is 0. The Morgan fingerprint density at radius 1 is 1.00 bits per heavy atom. The number of carbonyl (C=O) groups excluding carboxylic acids is 2. The molecule has 154 valence electrons. The molecule has 1 N–H and O–H groups in total. The molecule has 0 atom stereocenters. The van der Waals surface area contributed by atoms with E-state index in [4.69, 9.17) is 0 Å². The number of nitrogens with one attached hydrogen (secondary N) is 1. The van der Waals surface area contributed by atoms with E-state index in [0.717, 1.165) is 23.2 Å². The summed E-state index contributed by atoms with van der Waals surface area (Å²) in [5.74, 6) is -0.185. The molecule has 0 aromatic heterocycles. The Hall–Kier alpha value is -2.73. The van der Waals surface area contributed by atoms with Crippen LogP contribution in [0.3, 0.4) is 0 Å². The molecule has 1 aliphatic rings. The van der Waals surface area contributed by atoms with Crippen molar-refractivity contribution in [3.8, 4) is 0 Å². The van der Waals surface area contributed by atoms with Gasteiger partial charge in [-0.2, -0.15) is 0 Å². The van der Waals surface area contributed by atoms with Crippen molar-refractivity contribution in [1.29, 1.82) is 0 Å². The number of hydrogen-bond acceptors (Lipinski definition) is 3. The van der Waals surface area contributed by atoms with Gasteiger partial charge in [-0.05, 0) is 42.2 Å². The lowest BCUT2D eigenvalue weighted by molar-refractivity contribution is -0.133. The first-order valence-corrected chi connectivity index (χ1v) is 10.2. The van der Waals surface area contributed by atoms with Crippen LogP contribution in [-0.4, -0.2) is 54.3 Å². The number of anilines is 1. The van der Waals surface area contributed by atoms with Gasteiger partial charge >= 0.3 is 0 Å². The van der Waals surface area contributed by atoms with Crippen molar-refractivity contribution >= 4 is 17.5 Å². The Morgan fingerprint density at radius 2 is 1.69 bits per heavy atom. The largest absolute Gasteiger partial charge is 0.340 e. The monoisotopic (exact) mass is 397 g/mol. The van der Waals surface area contributed by atoms with Crippen molar-refractivity contribution < 1.29 is 14.0 Å². The minimum Gasteiger partial charge on any atom is -0.340 e. The van der Waals surface area contributed by atoms with Gasteiger partial charge in [0.05, 0.1) is 6.54 Å². The summed E-state index contributed by atoms with van der Waals surface area (Å²) in [6, 6.07) is 14.1. The van der Waals surface area contributed by atoms with Crippen LogP contribution in [0.15, 0.2) is 48.5 Å². The van der Waals surface area contributed by atoms with Crippen molar-refractivity contribution in [1.82, 2.24) is 9.80 Å². The Bertz CT molecular complexity index is 830. The van der Waals surface area contributed by atoms with E-state index in [9.17, 15) is 14.0 Å². The van der Waals surface area contributed by atoms with E-state index in [2.05, 4.69) is 17.1 Å². The van der Waals surface area contributed by atoms with Crippen LogP contribution in [0.25, 0.3) is 0 Å². The lowest BCUT2D eigenvalue weighted by Crippen LogP contribution is -2.50. The van der Waals surface area contributed by atoms with Crippen LogP contribution < -0.4 is 5.32 Å². The molecular weight excluding hydrogens is 369 g/mol. The second kappa shape index (κ2) is 10.2. The van der Waals surface area contributed by atoms with Crippen LogP contribution >= 0.6 is 0 Å². The highest BCUT2D eigenvalue weighted by atomic mass is 19.1. The Labute approximate surface area is 171 Å². The van der Waals surface area contributed by atoms with Crippen LogP contribution in [-0.2, 0) is 22.4 Å². The number of carbonyl (C=O) groups is 2. The van der Waals surface area contributed by atoms with Gasteiger partial charge in [-0.3, -0.25) is 14.5 Å². The van der Waals surface area contributed by atoms with Gasteiger partial charge in [0.25, 0.3) is 0 Å². The van der Waals surface area contributed by atoms with Gasteiger partial charge in [-0.25, -0.2) is 4.39 Å². The first-order chi connectivity index (χ1) is 14.0. The molecule has 0 aliphatic carbocycles. The molecule has 0 bridgehead atoms. The zero-order valence-electron chi connectivity index (χ0n) is 16.9. The lowest BCUT2D eigenvalue weighted by Gasteiger charge is -2.34. The fourth-order valence-electron chi connectivity index (χ4n) is 3.56. The average Bonchev–Trinajstić information content (AvgIpc) is 2.74. The first-order valence-electron chi connectivity index (χ1n) is 10.2. The normalized spacial score (nSPS) is 14.6. The summed E-state index contributed by atoms with van der Waals surface area (Å²) in [4.78, 5) is 28.7. The third kappa shape index (κ3) is 6.12. The number of amides is 2. The summed E-state index contributed by atoms with van der Waals surface area (Å²) in [6.07, 6.45) is 1.90. The number of nitrogens with zero attached hydrogens (tertiary/aromatic N) is 2. The van der Waals surface area contributed by atoms with Crippen molar-refractivity contribution in [2.45, 2.75) is 26.2 Å². The van der Waals surface area contributed by atoms with Crippen LogP contribution in [0.2, 0.25) is 0 Å². The first kappa shape index (κ1) is 21.0. The van der Waals surface area contributed by atoms with Gasteiger partial charge in [0.15, 0.2) is 0 Å². The average molecular weight is 397 g/mol. The van der Waals surface area contributed by atoms with E-state index >= 15 is 0 Å². The Balaban J connectivity index is 1.41. The van der Waals surface area contributed by atoms with E-state index in [1.807, 2.05) is 29.2 Å². The minimum atomic E-state index is -0.265. The zero-order chi connectivity index (χ0) is 20.6. The number of rotatable bonds is 7. The Morgan fingerprint density at radius 3 is 2.38 bits per heavy atom. The van der Waals surface area contributed by atoms with Crippen LogP contribution in [0.1, 0.15) is 24.5 Å². The smallest absolute Gasteiger partial charge is 0.238 e. The summed E-state index contributed by atoms with van der Waals surface area (Å²) in [5.41, 5.74) is 2.95. The van der Waals surface area contributed by atoms with Crippen LogP contribution in [0, 0.1) is 5.82 Å². The standard InChI is InChI=1S/C23H28FN3O2/c1-2-19-5-3-4-6-21(19)25-22(28)17-26-13-15-27(16-14-26)23(29)12-9-18-7-10-20(24)11-8-18/h3-8,10-11H,2,9,12-17H2,1H3,(H,25,28). The molecule has 2 aromatic carbocycles. The maximum Gasteiger partial charge on any atom is 0.238 e. The second-order valence-corrected chi connectivity index (χ2v) is 7.34. The highest BCUT2D eigenvalue weighted by Crippen LogP contribution is 2.15. The molecule has 29 heavy (non-hydrogen) atoms. The van der Waals surface area contributed by atoms with Gasteiger partial charge in [0, 0.05) is 38.3 Å². The van der Waals surface area contributed by atoms with E-state index in [0.29, 0.717) is 45.6 Å². The van der Waals surface area contributed by atoms with Crippen LogP contribution in [0.5, 0.6) is 0 Å². The minimum absolute atomic E-state index is 0.0259. The van der Waals surface area contributed by atoms with Gasteiger partial charge in [0.2, 0.25) is 11.8 Å². The quantitative estimate of drug-likeness (QED) is 0.781. The number of halogens is 1. The number of benzene rings is 2. The summed E-state index contributed by atoms with van der Waals surface area (Å²) in [6.45, 7) is 5.02. The highest BCUT2D eigenvalue weighted by molar-refractivity contribution is 5.93. The second-order valence-electron chi connectivity index (χ2n) is 7.34. The zero-order valence-corrected chi connectivity index (χ0v) is 16.9. The number of para-hydroxylation sites is 1. The maximum atomic E-state index is 13.0. The third-order valence-corrected chi connectivity index (χ3v) is 5.31. The summed E-state index contributed by atoms with van der Waals surface area (Å²) in [7, 11) is 0. The number of hydrogen-bond donors (Lipinski definition) is 1. The van der Waals surface area contributed by atoms with Crippen molar-refractivity contribution in [2.24, 2.45) is 0 Å². The van der Waals surface area contributed by atoms with Gasteiger partial charge < -0.3 is 10.2 Å². The fraction of sp³-hybridized carbons (Fsp3) is 0.391. The van der Waals surface area contributed by atoms with Crippen molar-refractivity contribution in [2.75, 3.05) is 38.0 Å². The number of aryl methyl sites for hydroxylation is 2. The van der Waals surface area contributed by atoms with Gasteiger partial charge in [-0.15, -0.1) is 0 Å². The van der Waals surface area contributed by atoms with Gasteiger partial charge in [0.1, 0.15) is 5.82 Å². The molecule has 0 unspecified atom stereocenters. The molecule has 1 aliphatic heterocycles. The molecule has 2 amide bonds. The molecule has 0 radical (unpaired) electrons. The molecular formula is C23H28FN3O2. The van der Waals surface area contributed by atoms with Gasteiger partial charge in [-0.1, -0.05) is 37.3 Å². The predicted octanol–water partition coefficient (Wildman–Crippen LogP) is 3.10. The van der Waals surface area contributed by atoms with Crippen LogP contribution in [0.4, 0.5) is 10.1 Å². The molecule has 0 spiro atoms. The SMILES string of the molecule is CCc1ccccc1NC(=O)CN1CCN(C(=O)CCc2ccc(F)cc2)CC1. The van der Waals surface area contributed by atoms with Crippen molar-refractivity contribution in [3.05, 3.63) is 65.5 Å². The molecule has 1 fully saturated rings. The fourth-order valence-corrected chi connectivity index (χ4v) is 3.56. The van der Waals surface area contributed by atoms with E-state index in [1.54, 1.807) is 12.1 Å². The maximum absolute atomic E-state index is 13.0. The molecule has 1 heterocycles. The molecule has 1 saturated heterocycles. The molecule has 6 heteroatoms. The molecule has 3 rings (SSSR count). The van der Waals surface area contributed by atoms with E-state index in [1.165, 1.54) is 12.1 Å². The topological polar surface area (TPSA) is 52.7 Å². The van der Waals surface area contributed by atoms with E-state index < -0.39 is 0 Å². The summed E-state index contributed by atoms with van der Waals surface area (Å²) in [5, 5.41) is 3.00. The molecule has 2 aromatic rings. The van der Waals surface area contributed by atoms with Crippen molar-refractivity contribution in [3.63, 3.8) is 0 Å².